The molecule has 0 aromatic heterocycles. The van der Waals surface area contributed by atoms with Gasteiger partial charge >= 0.3 is 0 Å². The van der Waals surface area contributed by atoms with Crippen LogP contribution in [0.3, 0.4) is 0 Å². The van der Waals surface area contributed by atoms with Gasteiger partial charge in [-0.15, -0.1) is 0 Å². The Kier molecular flexibility index (Phi) is 7.64. The molecule has 0 bridgehead atoms. The molecule has 65 heavy (non-hydrogen) atoms. The van der Waals surface area contributed by atoms with E-state index in [2.05, 4.69) is 241 Å². The van der Waals surface area contributed by atoms with E-state index in [0.717, 1.165) is 39.7 Å². The molecule has 0 saturated heterocycles. The summed E-state index contributed by atoms with van der Waals surface area (Å²) in [5.74, 6) is 1.79. The Hall–Kier alpha value is -8.46. The molecular weight excluding hydrogens is 787 g/mol. The lowest BCUT2D eigenvalue weighted by molar-refractivity contribution is 0.436. The zero-order chi connectivity index (χ0) is 42.6. The van der Waals surface area contributed by atoms with Crippen molar-refractivity contribution < 1.29 is 4.74 Å². The highest BCUT2D eigenvalue weighted by Gasteiger charge is 2.52. The van der Waals surface area contributed by atoms with Gasteiger partial charge in [-0.25, -0.2) is 0 Å². The molecule has 302 valence electrons. The Labute approximate surface area is 377 Å². The first-order valence-electron chi connectivity index (χ1n) is 22.5. The van der Waals surface area contributed by atoms with E-state index in [0.29, 0.717) is 0 Å². The molecule has 14 rings (SSSR count). The van der Waals surface area contributed by atoms with Crippen LogP contribution in [0, 0.1) is 0 Å². The van der Waals surface area contributed by atoms with Gasteiger partial charge in [0.25, 0.3) is 0 Å². The third kappa shape index (κ3) is 5.17. The molecule has 11 aromatic rings. The smallest absolute Gasteiger partial charge is 0.132 e. The first kappa shape index (κ1) is 36.1. The van der Waals surface area contributed by atoms with Gasteiger partial charge in [0.05, 0.1) is 16.8 Å². The van der Waals surface area contributed by atoms with Crippen LogP contribution >= 0.6 is 0 Å². The van der Waals surface area contributed by atoms with Crippen LogP contribution in [0.4, 0.5) is 17.1 Å². The lowest BCUT2D eigenvalue weighted by atomic mass is 9.66. The summed E-state index contributed by atoms with van der Waals surface area (Å²) >= 11 is 0. The van der Waals surface area contributed by atoms with Gasteiger partial charge in [-0.1, -0.05) is 170 Å². The Morgan fingerprint density at radius 3 is 1.55 bits per heavy atom. The van der Waals surface area contributed by atoms with Crippen molar-refractivity contribution in [2.24, 2.45) is 0 Å². The molecule has 11 aromatic carbocycles. The first-order valence-corrected chi connectivity index (χ1v) is 22.5. The lowest BCUT2D eigenvalue weighted by Gasteiger charge is -2.39. The Morgan fingerprint density at radius 1 is 0.308 bits per heavy atom. The van der Waals surface area contributed by atoms with E-state index < -0.39 is 5.41 Å². The highest BCUT2D eigenvalue weighted by molar-refractivity contribution is 6.15. The molecule has 0 saturated carbocycles. The summed E-state index contributed by atoms with van der Waals surface area (Å²) in [6, 6.07) is 86.9. The minimum Gasteiger partial charge on any atom is -0.457 e. The third-order valence-electron chi connectivity index (χ3n) is 14.2. The summed E-state index contributed by atoms with van der Waals surface area (Å²) in [6.45, 7) is 0. The zero-order valence-corrected chi connectivity index (χ0v) is 35.4. The second-order valence-corrected chi connectivity index (χ2v) is 17.6. The largest absolute Gasteiger partial charge is 0.457 e. The van der Waals surface area contributed by atoms with Crippen molar-refractivity contribution in [3.63, 3.8) is 0 Å². The molecule has 1 spiro atoms. The summed E-state index contributed by atoms with van der Waals surface area (Å²) in [4.78, 5) is 2.51. The Balaban J connectivity index is 0.993. The van der Waals surface area contributed by atoms with Crippen LogP contribution in [0.15, 0.2) is 237 Å². The van der Waals surface area contributed by atoms with Gasteiger partial charge in [0.1, 0.15) is 11.5 Å². The molecule has 0 unspecified atom stereocenters. The van der Waals surface area contributed by atoms with Crippen molar-refractivity contribution >= 4 is 38.6 Å². The second-order valence-electron chi connectivity index (χ2n) is 17.6. The van der Waals surface area contributed by atoms with E-state index in [1.165, 1.54) is 88.3 Å². The van der Waals surface area contributed by atoms with E-state index in [1.807, 2.05) is 0 Å². The molecule has 2 nitrogen and oxygen atoms in total. The van der Waals surface area contributed by atoms with Gasteiger partial charge < -0.3 is 9.64 Å². The molecule has 0 amide bonds. The van der Waals surface area contributed by atoms with Gasteiger partial charge in [-0.2, -0.15) is 0 Å². The predicted molar refractivity (Wildman–Crippen MR) is 269 cm³/mol. The number of nitrogens with zero attached hydrogens (tertiary/aromatic N) is 1. The topological polar surface area (TPSA) is 12.5 Å². The van der Waals surface area contributed by atoms with Gasteiger partial charge in [0.15, 0.2) is 0 Å². The number of ether oxygens (including phenoxy) is 1. The predicted octanol–water partition coefficient (Wildman–Crippen LogP) is 16.9. The molecule has 2 aliphatic carbocycles. The molecule has 0 radical (unpaired) electrons. The molecule has 0 fully saturated rings. The van der Waals surface area contributed by atoms with Crippen LogP contribution in [0.1, 0.15) is 22.3 Å². The van der Waals surface area contributed by atoms with Crippen LogP contribution < -0.4 is 9.64 Å². The van der Waals surface area contributed by atoms with Crippen LogP contribution in [-0.4, -0.2) is 0 Å². The molecular formula is C63H39NO. The molecule has 0 atom stereocenters. The van der Waals surface area contributed by atoms with Crippen molar-refractivity contribution in [2.75, 3.05) is 4.90 Å². The van der Waals surface area contributed by atoms with Crippen LogP contribution in [0.2, 0.25) is 0 Å². The van der Waals surface area contributed by atoms with Crippen molar-refractivity contribution in [1.82, 2.24) is 0 Å². The highest BCUT2D eigenvalue weighted by Crippen LogP contribution is 2.64. The number of fused-ring (bicyclic) bond motifs is 15. The van der Waals surface area contributed by atoms with Gasteiger partial charge in [-0.3, -0.25) is 0 Å². The van der Waals surface area contributed by atoms with Gasteiger partial charge in [0, 0.05) is 27.8 Å². The quantitative estimate of drug-likeness (QED) is 0.171. The summed E-state index contributed by atoms with van der Waals surface area (Å²) in [7, 11) is 0. The normalized spacial score (nSPS) is 13.2. The number of hydrogen-bond donors (Lipinski definition) is 0. The average molecular weight is 826 g/mol. The highest BCUT2D eigenvalue weighted by atomic mass is 16.5. The van der Waals surface area contributed by atoms with E-state index in [4.69, 9.17) is 4.74 Å². The van der Waals surface area contributed by atoms with E-state index >= 15 is 0 Å². The lowest BCUT2D eigenvalue weighted by Crippen LogP contribution is -2.32. The van der Waals surface area contributed by atoms with Crippen molar-refractivity contribution in [1.29, 1.82) is 0 Å². The third-order valence-corrected chi connectivity index (χ3v) is 14.2. The van der Waals surface area contributed by atoms with E-state index in [1.54, 1.807) is 0 Å². The minimum absolute atomic E-state index is 0.577. The Bertz CT molecular complexity index is 3690. The van der Waals surface area contributed by atoms with E-state index in [9.17, 15) is 0 Å². The van der Waals surface area contributed by atoms with Crippen molar-refractivity contribution in [3.8, 4) is 67.1 Å². The van der Waals surface area contributed by atoms with Crippen molar-refractivity contribution in [2.45, 2.75) is 5.41 Å². The number of hydrogen-bond acceptors (Lipinski definition) is 2. The Morgan fingerprint density at radius 2 is 0.831 bits per heavy atom. The first-order chi connectivity index (χ1) is 32.2. The fraction of sp³-hybridized carbons (Fsp3) is 0.0159. The summed E-state index contributed by atoms with van der Waals surface area (Å²) in [5.41, 5.74) is 20.2. The maximum atomic E-state index is 6.69. The number of benzene rings is 11. The second kappa shape index (κ2) is 13.8. The molecule has 1 aliphatic heterocycles. The average Bonchev–Trinajstić information content (AvgIpc) is 3.67. The van der Waals surface area contributed by atoms with E-state index in [-0.39, 0.29) is 0 Å². The standard InChI is InChI=1S/C63H39NO/c1-3-15-40(16-4-1)42-31-33-47(34-32-42)64(58-25-13-19-45-37-51-52-38-46-35-43(41-17-5-2-6-18-41)29-30-44(46)36-50(52)53(51)39-49(45)58)59-26-14-24-57-62(59)48-20-7-8-21-54(48)63(57)55-22-9-11-27-60(55)65-61-28-12-10-23-56(61)63/h1-39H. The van der Waals surface area contributed by atoms with Crippen molar-refractivity contribution in [3.05, 3.63) is 259 Å². The molecule has 3 aliphatic rings. The van der Waals surface area contributed by atoms with Crippen LogP contribution in [0.25, 0.3) is 77.2 Å². The monoisotopic (exact) mass is 825 g/mol. The fourth-order valence-electron chi connectivity index (χ4n) is 11.4. The summed E-state index contributed by atoms with van der Waals surface area (Å²) in [5, 5.41) is 4.95. The number of anilines is 3. The maximum absolute atomic E-state index is 6.69. The summed E-state index contributed by atoms with van der Waals surface area (Å²) in [6.07, 6.45) is 0. The van der Waals surface area contributed by atoms with Gasteiger partial charge in [0.2, 0.25) is 0 Å². The molecule has 1 heterocycles. The molecule has 2 heteroatoms. The maximum Gasteiger partial charge on any atom is 0.132 e. The summed E-state index contributed by atoms with van der Waals surface area (Å²) < 4.78 is 6.69. The van der Waals surface area contributed by atoms with Crippen LogP contribution in [-0.2, 0) is 5.41 Å². The number of rotatable bonds is 5. The number of para-hydroxylation sites is 2. The SMILES string of the molecule is c1ccc(-c2ccc(N(c3cccc4c3-c3ccccc3C43c4ccccc4Oc4ccccc43)c3cccc4cc5c(cc34)-c3cc4ccc(-c6ccccc6)cc4cc3-5)cc2)cc1. The van der Waals surface area contributed by atoms with Crippen LogP contribution in [0.5, 0.6) is 11.5 Å². The fourth-order valence-corrected chi connectivity index (χ4v) is 11.4. The van der Waals surface area contributed by atoms with Gasteiger partial charge in [-0.05, 0) is 144 Å². The zero-order valence-electron chi connectivity index (χ0n) is 35.4. The molecule has 0 N–H and O–H groups in total. The minimum atomic E-state index is -0.577.